The van der Waals surface area contributed by atoms with E-state index in [1.165, 1.54) is 0 Å². The second kappa shape index (κ2) is 17.7. The normalized spacial score (nSPS) is 15.2. The standard InChI is InChI=1S/C39H36Cl2N6O2.C5H12O/c1-25(26-13-15-29(40)16-14-26)47-23-42-36(27-8-3-2-4-9-27)38(47)35-32-18-17-30(41)20-34(32)44-37(35)39(49)45-33-12-6-5-10-28(33)21-46-19-7-11-31(22-46)43-24-48;1-5(2,3)6-4/h2-6,8-10,12-18,20,23-25,31,44H,7,11,19,21-22H2,1H3,(H,43,48)(H,45,49);1-4H3. The summed E-state index contributed by atoms with van der Waals surface area (Å²) in [6.07, 6.45) is 4.57. The van der Waals surface area contributed by atoms with Crippen LogP contribution in [0.3, 0.4) is 0 Å². The summed E-state index contributed by atoms with van der Waals surface area (Å²) in [5, 5.41) is 8.24. The minimum absolute atomic E-state index is 0.0417. The monoisotopic (exact) mass is 778 g/mol. The number of hydrogen-bond acceptors (Lipinski definition) is 5. The molecule has 286 valence electrons. The first kappa shape index (κ1) is 39.8. The van der Waals surface area contributed by atoms with Gasteiger partial charge < -0.3 is 24.9 Å². The highest BCUT2D eigenvalue weighted by Gasteiger charge is 2.28. The summed E-state index contributed by atoms with van der Waals surface area (Å²) in [5.74, 6) is -0.278. The van der Waals surface area contributed by atoms with E-state index in [1.807, 2.05) is 124 Å². The molecule has 1 aliphatic rings. The van der Waals surface area contributed by atoms with Crippen LogP contribution in [0.15, 0.2) is 103 Å². The Kier molecular flexibility index (Phi) is 12.8. The summed E-state index contributed by atoms with van der Waals surface area (Å²) < 4.78 is 7.06. The quantitative estimate of drug-likeness (QED) is 0.120. The number of nitrogens with zero attached hydrogens (tertiary/aromatic N) is 3. The van der Waals surface area contributed by atoms with E-state index in [4.69, 9.17) is 32.9 Å². The van der Waals surface area contributed by atoms with Gasteiger partial charge in [-0.3, -0.25) is 14.5 Å². The van der Waals surface area contributed by atoms with Crippen LogP contribution in [0.5, 0.6) is 0 Å². The summed E-state index contributed by atoms with van der Waals surface area (Å²) in [5.41, 5.74) is 7.20. The average Bonchev–Trinajstić information content (AvgIpc) is 3.78. The van der Waals surface area contributed by atoms with Gasteiger partial charge >= 0.3 is 0 Å². The van der Waals surface area contributed by atoms with Crippen molar-refractivity contribution in [2.45, 2.75) is 64.8 Å². The second-order valence-corrected chi connectivity index (χ2v) is 15.7. The number of carbonyl (C=O) groups is 2. The lowest BCUT2D eigenvalue weighted by molar-refractivity contribution is -0.110. The number of methoxy groups -OCH3 is 1. The van der Waals surface area contributed by atoms with Gasteiger partial charge in [0.1, 0.15) is 5.69 Å². The minimum Gasteiger partial charge on any atom is -0.379 e. The lowest BCUT2D eigenvalue weighted by Crippen LogP contribution is -2.44. The van der Waals surface area contributed by atoms with Crippen LogP contribution in [0.4, 0.5) is 5.69 Å². The number of rotatable bonds is 10. The summed E-state index contributed by atoms with van der Waals surface area (Å²) >= 11 is 12.7. The molecule has 7 rings (SSSR count). The lowest BCUT2D eigenvalue weighted by Gasteiger charge is -2.32. The molecule has 2 aromatic heterocycles. The van der Waals surface area contributed by atoms with Gasteiger partial charge in [0.2, 0.25) is 6.41 Å². The Hall–Kier alpha value is -4.93. The molecule has 0 radical (unpaired) electrons. The van der Waals surface area contributed by atoms with E-state index in [-0.39, 0.29) is 23.6 Å². The third-order valence-corrected chi connectivity index (χ3v) is 10.4. The van der Waals surface area contributed by atoms with Crippen LogP contribution >= 0.6 is 23.2 Å². The van der Waals surface area contributed by atoms with Gasteiger partial charge in [-0.05, 0) is 88.5 Å². The Balaban J connectivity index is 0.000000794. The van der Waals surface area contributed by atoms with Crippen LogP contribution in [0, 0.1) is 0 Å². The van der Waals surface area contributed by atoms with Crippen LogP contribution in [0.1, 0.15) is 68.2 Å². The number of ether oxygens (including phenoxy) is 1. The van der Waals surface area contributed by atoms with Gasteiger partial charge in [0.15, 0.2) is 0 Å². The van der Waals surface area contributed by atoms with E-state index in [0.29, 0.717) is 22.3 Å². The molecule has 2 amide bonds. The van der Waals surface area contributed by atoms with Crippen LogP contribution in [-0.2, 0) is 16.1 Å². The second-order valence-electron chi connectivity index (χ2n) is 14.8. The first-order chi connectivity index (χ1) is 26.5. The number of amides is 2. The van der Waals surface area contributed by atoms with Crippen molar-refractivity contribution in [2.75, 3.05) is 25.5 Å². The van der Waals surface area contributed by atoms with E-state index >= 15 is 0 Å². The molecule has 0 bridgehead atoms. The number of benzene rings is 4. The Labute approximate surface area is 333 Å². The van der Waals surface area contributed by atoms with Crippen LogP contribution in [0.25, 0.3) is 33.4 Å². The van der Waals surface area contributed by atoms with E-state index < -0.39 is 0 Å². The molecular formula is C44H48Cl2N6O3. The van der Waals surface area contributed by atoms with Crippen molar-refractivity contribution in [3.63, 3.8) is 0 Å². The third kappa shape index (κ3) is 9.66. The molecule has 1 saturated heterocycles. The van der Waals surface area contributed by atoms with Gasteiger partial charge in [0.05, 0.1) is 29.4 Å². The Morgan fingerprint density at radius 2 is 1.69 bits per heavy atom. The predicted molar refractivity (Wildman–Crippen MR) is 224 cm³/mol. The zero-order valence-electron chi connectivity index (χ0n) is 31.9. The topological polar surface area (TPSA) is 104 Å². The molecular weight excluding hydrogens is 731 g/mol. The highest BCUT2D eigenvalue weighted by atomic mass is 35.5. The number of H-pyrrole nitrogens is 1. The molecule has 6 aromatic rings. The van der Waals surface area contributed by atoms with Crippen molar-refractivity contribution in [1.29, 1.82) is 0 Å². The van der Waals surface area contributed by atoms with Crippen molar-refractivity contribution in [2.24, 2.45) is 0 Å². The van der Waals surface area contributed by atoms with Crippen LogP contribution in [0.2, 0.25) is 10.0 Å². The number of nitrogens with one attached hydrogen (secondary N) is 3. The maximum absolute atomic E-state index is 14.5. The maximum atomic E-state index is 14.5. The zero-order valence-corrected chi connectivity index (χ0v) is 33.4. The van der Waals surface area contributed by atoms with Gasteiger partial charge in [0.25, 0.3) is 5.91 Å². The molecule has 9 nitrogen and oxygen atoms in total. The number of para-hydroxylation sites is 1. The predicted octanol–water partition coefficient (Wildman–Crippen LogP) is 10.0. The minimum atomic E-state index is -0.278. The molecule has 0 aliphatic carbocycles. The number of aromatic nitrogens is 3. The Morgan fingerprint density at radius 3 is 2.40 bits per heavy atom. The fourth-order valence-electron chi connectivity index (χ4n) is 6.83. The molecule has 2 atom stereocenters. The molecule has 55 heavy (non-hydrogen) atoms. The number of aromatic amines is 1. The molecule has 1 fully saturated rings. The molecule has 3 N–H and O–H groups in total. The van der Waals surface area contributed by atoms with E-state index in [1.54, 1.807) is 7.11 Å². The first-order valence-electron chi connectivity index (χ1n) is 18.5. The van der Waals surface area contributed by atoms with Gasteiger partial charge in [-0.25, -0.2) is 4.98 Å². The SMILES string of the molecule is CC(c1ccc(Cl)cc1)n1cnc(-c2ccccc2)c1-c1c(C(=O)Nc2ccccc2CN2CCCC(NC=O)C2)[nH]c2cc(Cl)ccc12.COC(C)(C)C. The molecule has 4 aromatic carbocycles. The smallest absolute Gasteiger partial charge is 0.272 e. The van der Waals surface area contributed by atoms with Gasteiger partial charge in [-0.1, -0.05) is 89.9 Å². The third-order valence-electron chi connectivity index (χ3n) is 9.92. The van der Waals surface area contributed by atoms with Gasteiger partial charge in [0, 0.05) is 64.0 Å². The average molecular weight is 780 g/mol. The number of anilines is 1. The number of piperidine rings is 1. The summed E-state index contributed by atoms with van der Waals surface area (Å²) in [6.45, 7) is 10.5. The fourth-order valence-corrected chi connectivity index (χ4v) is 7.13. The Bertz CT molecular complexity index is 2230. The number of imidazole rings is 1. The molecule has 1 aliphatic heterocycles. The largest absolute Gasteiger partial charge is 0.379 e. The Morgan fingerprint density at radius 1 is 1.00 bits per heavy atom. The van der Waals surface area contributed by atoms with Gasteiger partial charge in [-0.2, -0.15) is 0 Å². The van der Waals surface area contributed by atoms with Crippen molar-refractivity contribution < 1.29 is 14.3 Å². The summed E-state index contributed by atoms with van der Waals surface area (Å²) in [4.78, 5) is 36.3. The number of carbonyl (C=O) groups excluding carboxylic acids is 2. The van der Waals surface area contributed by atoms with Crippen molar-refractivity contribution in [3.8, 4) is 22.5 Å². The molecule has 3 heterocycles. The highest BCUT2D eigenvalue weighted by Crippen LogP contribution is 2.41. The maximum Gasteiger partial charge on any atom is 0.272 e. The van der Waals surface area contributed by atoms with E-state index in [9.17, 15) is 9.59 Å². The van der Waals surface area contributed by atoms with Crippen molar-refractivity contribution in [1.82, 2.24) is 24.8 Å². The highest BCUT2D eigenvalue weighted by molar-refractivity contribution is 6.31. The van der Waals surface area contributed by atoms with Gasteiger partial charge in [-0.15, -0.1) is 0 Å². The number of hydrogen-bond donors (Lipinski definition) is 3. The number of halogens is 2. The molecule has 0 saturated carbocycles. The molecule has 2 unspecified atom stereocenters. The summed E-state index contributed by atoms with van der Waals surface area (Å²) in [6, 6.07) is 31.3. The molecule has 11 heteroatoms. The molecule has 0 spiro atoms. The van der Waals surface area contributed by atoms with E-state index in [0.717, 1.165) is 82.6 Å². The van der Waals surface area contributed by atoms with E-state index in [2.05, 4.69) is 32.0 Å². The van der Waals surface area contributed by atoms with Crippen LogP contribution in [-0.4, -0.2) is 63.6 Å². The first-order valence-corrected chi connectivity index (χ1v) is 19.3. The van der Waals surface area contributed by atoms with Crippen LogP contribution < -0.4 is 10.6 Å². The fraction of sp³-hybridized carbons (Fsp3) is 0.295. The van der Waals surface area contributed by atoms with Crippen molar-refractivity contribution >= 4 is 52.1 Å². The number of likely N-dealkylation sites (tertiary alicyclic amines) is 1. The lowest BCUT2D eigenvalue weighted by atomic mass is 9.99. The number of fused-ring (bicyclic) bond motifs is 1. The van der Waals surface area contributed by atoms with Crippen molar-refractivity contribution in [3.05, 3.63) is 130 Å². The summed E-state index contributed by atoms with van der Waals surface area (Å²) in [7, 11) is 1.71. The zero-order chi connectivity index (χ0) is 39.1.